The standard InChI is InChI=1S/C15H18O/c1-4-5-9-12-16-15(13(2)3)14-10-7-6-8-11-14/h4,6-8,10-11,13,15H,1,5H2,2-3H3. The summed E-state index contributed by atoms with van der Waals surface area (Å²) in [6.07, 6.45) is 5.22. The molecule has 0 spiro atoms. The van der Waals surface area contributed by atoms with Gasteiger partial charge in [0.05, 0.1) is 0 Å². The van der Waals surface area contributed by atoms with Crippen LogP contribution in [-0.4, -0.2) is 0 Å². The number of allylic oxidation sites excluding steroid dienone is 1. The molecule has 0 heterocycles. The molecule has 1 rings (SSSR count). The van der Waals surface area contributed by atoms with Gasteiger partial charge in [0.1, 0.15) is 12.2 Å². The van der Waals surface area contributed by atoms with Crippen molar-refractivity contribution in [2.24, 2.45) is 5.92 Å². The first-order valence-electron chi connectivity index (χ1n) is 5.55. The maximum Gasteiger partial charge on any atom is 0.138 e. The van der Waals surface area contributed by atoms with Crippen LogP contribution < -0.4 is 0 Å². The summed E-state index contributed by atoms with van der Waals surface area (Å²) in [5, 5.41) is 0. The molecule has 0 amide bonds. The van der Waals surface area contributed by atoms with Gasteiger partial charge in [0.15, 0.2) is 0 Å². The van der Waals surface area contributed by atoms with Gasteiger partial charge in [0.2, 0.25) is 0 Å². The summed E-state index contributed by atoms with van der Waals surface area (Å²) in [6, 6.07) is 10.2. The Hall–Kier alpha value is -1.68. The number of benzene rings is 1. The molecule has 1 heteroatoms. The van der Waals surface area contributed by atoms with Crippen LogP contribution in [0.15, 0.2) is 43.0 Å². The fraction of sp³-hybridized carbons (Fsp3) is 0.333. The molecule has 84 valence electrons. The van der Waals surface area contributed by atoms with Crippen molar-refractivity contribution in [3.05, 3.63) is 48.6 Å². The van der Waals surface area contributed by atoms with Crippen LogP contribution in [-0.2, 0) is 4.74 Å². The Morgan fingerprint density at radius 3 is 2.56 bits per heavy atom. The van der Waals surface area contributed by atoms with Crippen molar-refractivity contribution in [3.8, 4) is 12.0 Å². The smallest absolute Gasteiger partial charge is 0.138 e. The first-order valence-corrected chi connectivity index (χ1v) is 5.55. The van der Waals surface area contributed by atoms with E-state index in [0.717, 1.165) is 0 Å². The molecule has 0 aliphatic rings. The second-order valence-corrected chi connectivity index (χ2v) is 3.96. The Balaban J connectivity index is 2.70. The van der Waals surface area contributed by atoms with Crippen molar-refractivity contribution in [2.45, 2.75) is 26.4 Å². The Morgan fingerprint density at radius 2 is 2.00 bits per heavy atom. The van der Waals surface area contributed by atoms with E-state index in [9.17, 15) is 0 Å². The second kappa shape index (κ2) is 6.74. The molecule has 0 saturated heterocycles. The fourth-order valence-corrected chi connectivity index (χ4v) is 1.45. The van der Waals surface area contributed by atoms with Crippen LogP contribution >= 0.6 is 0 Å². The Labute approximate surface area is 98.1 Å². The van der Waals surface area contributed by atoms with Crippen LogP contribution in [0.25, 0.3) is 0 Å². The van der Waals surface area contributed by atoms with Gasteiger partial charge in [0.25, 0.3) is 0 Å². The van der Waals surface area contributed by atoms with Crippen molar-refractivity contribution in [2.75, 3.05) is 0 Å². The van der Waals surface area contributed by atoms with E-state index in [1.54, 1.807) is 6.08 Å². The van der Waals surface area contributed by atoms with Crippen LogP contribution in [0, 0.1) is 17.9 Å². The lowest BCUT2D eigenvalue weighted by molar-refractivity contribution is 0.121. The molecule has 1 nitrogen and oxygen atoms in total. The van der Waals surface area contributed by atoms with Gasteiger partial charge in [0, 0.05) is 6.42 Å². The summed E-state index contributed by atoms with van der Waals surface area (Å²) in [6.45, 7) is 7.88. The molecule has 0 aromatic heterocycles. The third kappa shape index (κ3) is 3.82. The topological polar surface area (TPSA) is 9.23 Å². The van der Waals surface area contributed by atoms with E-state index >= 15 is 0 Å². The molecule has 0 radical (unpaired) electrons. The number of rotatable bonds is 4. The third-order valence-electron chi connectivity index (χ3n) is 2.24. The molecule has 1 aromatic carbocycles. The molecular weight excluding hydrogens is 196 g/mol. The highest BCUT2D eigenvalue weighted by molar-refractivity contribution is 5.18. The predicted octanol–water partition coefficient (Wildman–Crippen LogP) is 3.94. The van der Waals surface area contributed by atoms with Crippen molar-refractivity contribution in [1.29, 1.82) is 0 Å². The molecule has 0 saturated carbocycles. The average Bonchev–Trinajstić information content (AvgIpc) is 2.30. The fourth-order valence-electron chi connectivity index (χ4n) is 1.45. The first kappa shape index (κ1) is 12.4. The SMILES string of the molecule is C=CCC#COC(c1ccccc1)C(C)C. The normalized spacial score (nSPS) is 11.4. The Kier molecular flexibility index (Phi) is 5.22. The van der Waals surface area contributed by atoms with Gasteiger partial charge in [-0.15, -0.1) is 6.58 Å². The molecule has 0 fully saturated rings. The average molecular weight is 214 g/mol. The first-order chi connectivity index (χ1) is 7.75. The minimum Gasteiger partial charge on any atom is -0.438 e. The van der Waals surface area contributed by atoms with Gasteiger partial charge in [-0.25, -0.2) is 0 Å². The second-order valence-electron chi connectivity index (χ2n) is 3.96. The van der Waals surface area contributed by atoms with Gasteiger partial charge < -0.3 is 4.74 Å². The minimum atomic E-state index is 0.0403. The predicted molar refractivity (Wildman–Crippen MR) is 67.7 cm³/mol. The zero-order chi connectivity index (χ0) is 11.8. The monoisotopic (exact) mass is 214 g/mol. The molecule has 0 bridgehead atoms. The minimum absolute atomic E-state index is 0.0403. The van der Waals surface area contributed by atoms with Gasteiger partial charge in [-0.2, -0.15) is 0 Å². The molecule has 1 unspecified atom stereocenters. The van der Waals surface area contributed by atoms with E-state index in [1.165, 1.54) is 5.56 Å². The quantitative estimate of drug-likeness (QED) is 0.545. The van der Waals surface area contributed by atoms with Crippen LogP contribution in [0.2, 0.25) is 0 Å². The summed E-state index contributed by atoms with van der Waals surface area (Å²) in [5.41, 5.74) is 1.17. The van der Waals surface area contributed by atoms with Crippen LogP contribution in [0.4, 0.5) is 0 Å². The lowest BCUT2D eigenvalue weighted by Gasteiger charge is -2.18. The zero-order valence-corrected chi connectivity index (χ0v) is 9.94. The lowest BCUT2D eigenvalue weighted by atomic mass is 9.99. The Bertz CT molecular complexity index is 367. The molecule has 1 aromatic rings. The summed E-state index contributed by atoms with van der Waals surface area (Å²) in [5.74, 6) is 3.30. The lowest BCUT2D eigenvalue weighted by Crippen LogP contribution is -2.08. The largest absolute Gasteiger partial charge is 0.438 e. The van der Waals surface area contributed by atoms with Gasteiger partial charge >= 0.3 is 0 Å². The molecule has 0 N–H and O–H groups in total. The van der Waals surface area contributed by atoms with E-state index in [2.05, 4.69) is 44.6 Å². The maximum absolute atomic E-state index is 5.58. The van der Waals surface area contributed by atoms with Gasteiger partial charge in [-0.1, -0.05) is 56.2 Å². The highest BCUT2D eigenvalue weighted by atomic mass is 16.5. The summed E-state index contributed by atoms with van der Waals surface area (Å²) in [7, 11) is 0. The van der Waals surface area contributed by atoms with Crippen LogP contribution in [0.1, 0.15) is 31.9 Å². The van der Waals surface area contributed by atoms with Crippen molar-refractivity contribution >= 4 is 0 Å². The van der Waals surface area contributed by atoms with E-state index in [4.69, 9.17) is 4.74 Å². The highest BCUT2D eigenvalue weighted by Crippen LogP contribution is 2.24. The summed E-state index contributed by atoms with van der Waals surface area (Å²) < 4.78 is 5.58. The summed E-state index contributed by atoms with van der Waals surface area (Å²) in [4.78, 5) is 0. The van der Waals surface area contributed by atoms with E-state index < -0.39 is 0 Å². The van der Waals surface area contributed by atoms with Gasteiger partial charge in [-0.05, 0) is 11.5 Å². The van der Waals surface area contributed by atoms with E-state index in [1.807, 2.05) is 18.2 Å². The molecule has 0 aliphatic heterocycles. The molecule has 16 heavy (non-hydrogen) atoms. The van der Waals surface area contributed by atoms with Crippen LogP contribution in [0.5, 0.6) is 0 Å². The zero-order valence-electron chi connectivity index (χ0n) is 9.94. The Morgan fingerprint density at radius 1 is 1.31 bits per heavy atom. The van der Waals surface area contributed by atoms with Crippen molar-refractivity contribution < 1.29 is 4.74 Å². The molecule has 1 atom stereocenters. The molecular formula is C15H18O. The van der Waals surface area contributed by atoms with Crippen LogP contribution in [0.3, 0.4) is 0 Å². The van der Waals surface area contributed by atoms with E-state index in [-0.39, 0.29) is 6.10 Å². The van der Waals surface area contributed by atoms with E-state index in [0.29, 0.717) is 12.3 Å². The highest BCUT2D eigenvalue weighted by Gasteiger charge is 2.15. The summed E-state index contributed by atoms with van der Waals surface area (Å²) >= 11 is 0. The number of hydrogen-bond donors (Lipinski definition) is 0. The number of ether oxygens (including phenoxy) is 1. The number of hydrogen-bond acceptors (Lipinski definition) is 1. The van der Waals surface area contributed by atoms with Gasteiger partial charge in [-0.3, -0.25) is 0 Å². The molecule has 0 aliphatic carbocycles. The van der Waals surface area contributed by atoms with Crippen molar-refractivity contribution in [3.63, 3.8) is 0 Å². The van der Waals surface area contributed by atoms with Crippen molar-refractivity contribution in [1.82, 2.24) is 0 Å². The maximum atomic E-state index is 5.58. The third-order valence-corrected chi connectivity index (χ3v) is 2.24.